The maximum Gasteiger partial charge on any atom is 0.304 e. The predicted octanol–water partition coefficient (Wildman–Crippen LogP) is 1.32. The lowest BCUT2D eigenvalue weighted by atomic mass is 10.1. The van der Waals surface area contributed by atoms with Crippen molar-refractivity contribution in [3.63, 3.8) is 0 Å². The first kappa shape index (κ1) is 13.4. The number of hydrogen-bond donors (Lipinski definition) is 1. The predicted molar refractivity (Wildman–Crippen MR) is 54.3 cm³/mol. The maximum absolute atomic E-state index is 10.5. The Hall–Kier alpha value is -0.610. The molecule has 4 heteroatoms. The lowest BCUT2D eigenvalue weighted by Crippen LogP contribution is -2.26. The van der Waals surface area contributed by atoms with E-state index in [9.17, 15) is 4.79 Å². The molecule has 0 rings (SSSR count). The van der Waals surface area contributed by atoms with Crippen LogP contribution in [0.2, 0.25) is 0 Å². The molecule has 1 radical (unpaired) electrons. The highest BCUT2D eigenvalue weighted by atomic mass is 16.7. The summed E-state index contributed by atoms with van der Waals surface area (Å²) in [5.41, 5.74) is 0. The summed E-state index contributed by atoms with van der Waals surface area (Å²) < 4.78 is 9.93. The van der Waals surface area contributed by atoms with E-state index in [-0.39, 0.29) is 5.97 Å². The number of esters is 1. The lowest BCUT2D eigenvalue weighted by molar-refractivity contribution is -0.173. The Labute approximate surface area is 86.0 Å². The smallest absolute Gasteiger partial charge is 0.304 e. The van der Waals surface area contributed by atoms with Crippen LogP contribution in [0.25, 0.3) is 0 Å². The summed E-state index contributed by atoms with van der Waals surface area (Å²) in [6.45, 7) is 8.46. The van der Waals surface area contributed by atoms with Crippen LogP contribution in [0.4, 0.5) is 0 Å². The van der Waals surface area contributed by atoms with Crippen molar-refractivity contribution in [2.75, 3.05) is 13.3 Å². The van der Waals surface area contributed by atoms with Gasteiger partial charge < -0.3 is 9.47 Å². The molecular weight excluding hydrogens is 182 g/mol. The number of nitrogens with one attached hydrogen (secondary N) is 1. The number of ether oxygens (including phenoxy) is 2. The minimum Gasteiger partial charge on any atom is -0.436 e. The van der Waals surface area contributed by atoms with Crippen LogP contribution in [0.15, 0.2) is 0 Å². The minimum absolute atomic E-state index is 0.328. The van der Waals surface area contributed by atoms with Crippen molar-refractivity contribution >= 4 is 5.97 Å². The molecule has 0 amide bonds. The third-order valence-electron chi connectivity index (χ3n) is 1.49. The topological polar surface area (TPSA) is 47.6 Å². The Balaban J connectivity index is 3.23. The number of carbonyl (C=O) groups excluding carboxylic acids is 1. The van der Waals surface area contributed by atoms with Crippen molar-refractivity contribution in [2.45, 2.75) is 34.0 Å². The van der Waals surface area contributed by atoms with Crippen LogP contribution in [0.3, 0.4) is 0 Å². The van der Waals surface area contributed by atoms with Crippen LogP contribution < -0.4 is 5.32 Å². The zero-order valence-corrected chi connectivity index (χ0v) is 9.37. The van der Waals surface area contributed by atoms with Crippen LogP contribution in [-0.2, 0) is 14.3 Å². The highest BCUT2D eigenvalue weighted by Gasteiger charge is 2.03. The van der Waals surface area contributed by atoms with E-state index < -0.39 is 6.29 Å². The fourth-order valence-electron chi connectivity index (χ4n) is 0.822. The third kappa shape index (κ3) is 9.48. The summed E-state index contributed by atoms with van der Waals surface area (Å²) in [7, 11) is 0. The molecule has 0 aliphatic carbocycles. The highest BCUT2D eigenvalue weighted by molar-refractivity contribution is 5.65. The molecule has 83 valence electrons. The van der Waals surface area contributed by atoms with E-state index in [0.29, 0.717) is 12.6 Å². The lowest BCUT2D eigenvalue weighted by Gasteiger charge is -2.13. The maximum atomic E-state index is 10.5. The van der Waals surface area contributed by atoms with Crippen molar-refractivity contribution in [2.24, 2.45) is 5.92 Å². The van der Waals surface area contributed by atoms with Gasteiger partial charge in [0.15, 0.2) is 0 Å². The summed E-state index contributed by atoms with van der Waals surface area (Å²) >= 11 is 0. The van der Waals surface area contributed by atoms with Gasteiger partial charge in [-0.1, -0.05) is 13.8 Å². The molecule has 0 heterocycles. The molecule has 1 atom stereocenters. The van der Waals surface area contributed by atoms with Gasteiger partial charge in [-0.3, -0.25) is 10.1 Å². The van der Waals surface area contributed by atoms with Crippen LogP contribution in [-0.4, -0.2) is 25.5 Å². The van der Waals surface area contributed by atoms with E-state index in [2.05, 4.69) is 25.6 Å². The molecule has 4 nitrogen and oxygen atoms in total. The van der Waals surface area contributed by atoms with Gasteiger partial charge in [0.2, 0.25) is 6.29 Å². The van der Waals surface area contributed by atoms with Crippen molar-refractivity contribution < 1.29 is 14.3 Å². The molecule has 0 saturated carbocycles. The average Bonchev–Trinajstić information content (AvgIpc) is 2.01. The van der Waals surface area contributed by atoms with E-state index in [4.69, 9.17) is 9.47 Å². The fraction of sp³-hybridized carbons (Fsp3) is 0.800. The fourth-order valence-corrected chi connectivity index (χ4v) is 0.822. The summed E-state index contributed by atoms with van der Waals surface area (Å²) in [4.78, 5) is 10.5. The van der Waals surface area contributed by atoms with Gasteiger partial charge >= 0.3 is 5.97 Å². The van der Waals surface area contributed by atoms with E-state index in [1.165, 1.54) is 6.92 Å². The molecule has 14 heavy (non-hydrogen) atoms. The number of hydrogen-bond acceptors (Lipinski definition) is 4. The molecule has 0 fully saturated rings. The van der Waals surface area contributed by atoms with Gasteiger partial charge in [-0.05, 0) is 19.3 Å². The molecule has 0 bridgehead atoms. The second kappa shape index (κ2) is 7.76. The monoisotopic (exact) mass is 202 g/mol. The molecule has 0 aromatic heterocycles. The first-order chi connectivity index (χ1) is 6.52. The Morgan fingerprint density at radius 1 is 1.43 bits per heavy atom. The molecule has 1 N–H and O–H groups in total. The molecular formula is C10H20NO3. The second-order valence-corrected chi connectivity index (χ2v) is 3.42. The van der Waals surface area contributed by atoms with Crippen LogP contribution in [0.1, 0.15) is 27.7 Å². The zero-order valence-electron chi connectivity index (χ0n) is 9.37. The van der Waals surface area contributed by atoms with Crippen molar-refractivity contribution in [3.05, 3.63) is 6.42 Å². The van der Waals surface area contributed by atoms with Gasteiger partial charge in [-0.2, -0.15) is 0 Å². The number of carbonyl (C=O) groups is 1. The van der Waals surface area contributed by atoms with Crippen LogP contribution in [0.5, 0.6) is 0 Å². The SMILES string of the molecule is CC(=O)OC(C)OCNC[CH]C(C)C. The molecule has 0 saturated heterocycles. The van der Waals surface area contributed by atoms with E-state index in [0.717, 1.165) is 6.54 Å². The zero-order chi connectivity index (χ0) is 11.0. The van der Waals surface area contributed by atoms with Gasteiger partial charge in [-0.25, -0.2) is 0 Å². The average molecular weight is 202 g/mol. The van der Waals surface area contributed by atoms with Gasteiger partial charge in [0.1, 0.15) is 6.73 Å². The van der Waals surface area contributed by atoms with E-state index >= 15 is 0 Å². The Morgan fingerprint density at radius 3 is 2.57 bits per heavy atom. The first-order valence-corrected chi connectivity index (χ1v) is 4.85. The molecule has 0 aromatic rings. The van der Waals surface area contributed by atoms with Crippen LogP contribution in [0, 0.1) is 12.3 Å². The summed E-state index contributed by atoms with van der Waals surface area (Å²) in [5, 5.41) is 3.05. The first-order valence-electron chi connectivity index (χ1n) is 4.85. The summed E-state index contributed by atoms with van der Waals surface area (Å²) in [6, 6.07) is 0. The summed E-state index contributed by atoms with van der Waals surface area (Å²) in [6.07, 6.45) is 1.65. The quantitative estimate of drug-likeness (QED) is 0.384. The largest absolute Gasteiger partial charge is 0.436 e. The molecule has 1 unspecified atom stereocenters. The van der Waals surface area contributed by atoms with Crippen molar-refractivity contribution in [1.82, 2.24) is 5.32 Å². The van der Waals surface area contributed by atoms with Gasteiger partial charge in [0.05, 0.1) is 0 Å². The third-order valence-corrected chi connectivity index (χ3v) is 1.49. The van der Waals surface area contributed by atoms with Crippen molar-refractivity contribution in [1.29, 1.82) is 0 Å². The highest BCUT2D eigenvalue weighted by Crippen LogP contribution is 1.95. The number of rotatable bonds is 7. The second-order valence-electron chi connectivity index (χ2n) is 3.42. The van der Waals surface area contributed by atoms with Crippen molar-refractivity contribution in [3.8, 4) is 0 Å². The summed E-state index contributed by atoms with van der Waals surface area (Å²) in [5.74, 6) is 0.236. The van der Waals surface area contributed by atoms with Gasteiger partial charge in [0, 0.05) is 13.5 Å². The van der Waals surface area contributed by atoms with E-state index in [1.54, 1.807) is 6.92 Å². The Morgan fingerprint density at radius 2 is 2.07 bits per heavy atom. The molecule has 0 aromatic carbocycles. The normalized spacial score (nSPS) is 12.9. The van der Waals surface area contributed by atoms with E-state index in [1.807, 2.05) is 0 Å². The molecule has 0 aliphatic heterocycles. The molecule has 0 spiro atoms. The standard InChI is InChI=1S/C10H20NO3/c1-8(2)5-6-11-7-13-10(4)14-9(3)12/h5,8,10-11H,6-7H2,1-4H3. The molecule has 0 aliphatic rings. The Bertz CT molecular complexity index is 159. The Kier molecular flexibility index (Phi) is 7.42. The van der Waals surface area contributed by atoms with Crippen LogP contribution >= 0.6 is 0 Å². The van der Waals surface area contributed by atoms with Gasteiger partial charge in [0.25, 0.3) is 0 Å². The van der Waals surface area contributed by atoms with Gasteiger partial charge in [-0.15, -0.1) is 0 Å². The minimum atomic E-state index is -0.487.